The predicted octanol–water partition coefficient (Wildman–Crippen LogP) is 1.09. The third-order valence-electron chi connectivity index (χ3n) is 3.54. The average Bonchev–Trinajstić information content (AvgIpc) is 3.26. The van der Waals surface area contributed by atoms with Crippen LogP contribution in [0.15, 0.2) is 34.0 Å². The Labute approximate surface area is 154 Å². The van der Waals surface area contributed by atoms with E-state index in [0.717, 1.165) is 17.7 Å². The average molecular weight is 370 g/mol. The van der Waals surface area contributed by atoms with E-state index in [-0.39, 0.29) is 17.3 Å². The highest BCUT2D eigenvalue weighted by atomic mass is 16.6. The molecule has 0 atom stereocenters. The molecule has 0 aliphatic carbocycles. The third-order valence-corrected chi connectivity index (χ3v) is 3.54. The van der Waals surface area contributed by atoms with Gasteiger partial charge in [0.05, 0.1) is 18.5 Å². The second kappa shape index (κ2) is 8.08. The number of hydrogen-bond acceptors (Lipinski definition) is 9. The lowest BCUT2D eigenvalue weighted by Gasteiger charge is -2.03. The number of rotatable bonds is 7. The molecule has 140 valence electrons. The first-order valence-corrected chi connectivity index (χ1v) is 8.17. The Balaban J connectivity index is 1.63. The Morgan fingerprint density at radius 2 is 2.15 bits per heavy atom. The van der Waals surface area contributed by atoms with Crippen LogP contribution in [0.25, 0.3) is 5.82 Å². The number of ether oxygens (including phenoxy) is 1. The lowest BCUT2D eigenvalue weighted by Crippen LogP contribution is -2.19. The molecule has 1 aromatic carbocycles. The van der Waals surface area contributed by atoms with E-state index in [9.17, 15) is 4.79 Å². The lowest BCUT2D eigenvalue weighted by atomic mass is 10.2. The minimum absolute atomic E-state index is 0.0411. The monoisotopic (exact) mass is 370 g/mol. The molecule has 27 heavy (non-hydrogen) atoms. The van der Waals surface area contributed by atoms with Crippen molar-refractivity contribution in [3.05, 3.63) is 41.2 Å². The zero-order chi connectivity index (χ0) is 19.2. The van der Waals surface area contributed by atoms with Crippen molar-refractivity contribution >= 4 is 17.9 Å². The number of aromatic nitrogens is 5. The van der Waals surface area contributed by atoms with E-state index < -0.39 is 5.91 Å². The van der Waals surface area contributed by atoms with Gasteiger partial charge < -0.3 is 10.5 Å². The van der Waals surface area contributed by atoms with Gasteiger partial charge >= 0.3 is 0 Å². The van der Waals surface area contributed by atoms with Crippen molar-refractivity contribution in [2.75, 3.05) is 12.3 Å². The Kier molecular flexibility index (Phi) is 5.40. The van der Waals surface area contributed by atoms with E-state index in [1.807, 2.05) is 31.2 Å². The van der Waals surface area contributed by atoms with Gasteiger partial charge in [0, 0.05) is 0 Å². The molecule has 11 heteroatoms. The summed E-state index contributed by atoms with van der Waals surface area (Å²) in [6.45, 7) is 4.35. The smallest absolute Gasteiger partial charge is 0.293 e. The van der Waals surface area contributed by atoms with Crippen LogP contribution >= 0.6 is 0 Å². The minimum Gasteiger partial charge on any atom is -0.494 e. The Morgan fingerprint density at radius 3 is 2.81 bits per heavy atom. The fraction of sp³-hybridized carbons (Fsp3) is 0.250. The molecule has 1 amide bonds. The van der Waals surface area contributed by atoms with Crippen LogP contribution in [0.3, 0.4) is 0 Å². The number of anilines is 1. The van der Waals surface area contributed by atoms with E-state index in [4.69, 9.17) is 10.5 Å². The van der Waals surface area contributed by atoms with Gasteiger partial charge in [-0.1, -0.05) is 12.1 Å². The molecule has 0 spiro atoms. The maximum absolute atomic E-state index is 12.2. The number of nitrogens with two attached hydrogens (primary N) is 1. The van der Waals surface area contributed by atoms with Gasteiger partial charge in [-0.2, -0.15) is 9.78 Å². The molecule has 0 aliphatic heterocycles. The van der Waals surface area contributed by atoms with Gasteiger partial charge in [-0.25, -0.2) is 10.1 Å². The number of hydrazone groups is 1. The normalized spacial score (nSPS) is 11.0. The van der Waals surface area contributed by atoms with Crippen LogP contribution in [0.2, 0.25) is 0 Å². The van der Waals surface area contributed by atoms with Crippen molar-refractivity contribution < 1.29 is 14.2 Å². The Morgan fingerprint density at radius 1 is 1.37 bits per heavy atom. The van der Waals surface area contributed by atoms with Crippen molar-refractivity contribution in [3.8, 4) is 11.6 Å². The van der Waals surface area contributed by atoms with Crippen LogP contribution in [-0.2, 0) is 0 Å². The second-order valence-corrected chi connectivity index (χ2v) is 5.52. The van der Waals surface area contributed by atoms with E-state index in [1.54, 1.807) is 6.92 Å². The molecule has 3 aromatic rings. The zero-order valence-electron chi connectivity index (χ0n) is 14.8. The SMILES string of the molecule is CCCOc1ccc(C=NNC(=O)c2nnn(-c3nonc3N)c2C)cc1. The largest absolute Gasteiger partial charge is 0.494 e. The van der Waals surface area contributed by atoms with Gasteiger partial charge in [0.1, 0.15) is 5.75 Å². The van der Waals surface area contributed by atoms with E-state index in [2.05, 4.69) is 35.8 Å². The van der Waals surface area contributed by atoms with Crippen molar-refractivity contribution in [2.45, 2.75) is 20.3 Å². The molecule has 11 nitrogen and oxygen atoms in total. The van der Waals surface area contributed by atoms with Crippen LogP contribution in [0, 0.1) is 6.92 Å². The van der Waals surface area contributed by atoms with Crippen LogP contribution in [0.4, 0.5) is 5.82 Å². The van der Waals surface area contributed by atoms with Crippen molar-refractivity contribution in [2.24, 2.45) is 5.10 Å². The second-order valence-electron chi connectivity index (χ2n) is 5.52. The van der Waals surface area contributed by atoms with Gasteiger partial charge in [-0.05, 0) is 53.5 Å². The summed E-state index contributed by atoms with van der Waals surface area (Å²) in [5.41, 5.74) is 9.33. The van der Waals surface area contributed by atoms with Crippen molar-refractivity contribution in [1.82, 2.24) is 30.7 Å². The Hall–Kier alpha value is -3.76. The summed E-state index contributed by atoms with van der Waals surface area (Å²) < 4.78 is 11.3. The van der Waals surface area contributed by atoms with Crippen LogP contribution < -0.4 is 15.9 Å². The maximum Gasteiger partial charge on any atom is 0.293 e. The van der Waals surface area contributed by atoms with E-state index in [0.29, 0.717) is 12.3 Å². The third kappa shape index (κ3) is 4.08. The first-order chi connectivity index (χ1) is 13.1. The fourth-order valence-electron chi connectivity index (χ4n) is 2.17. The van der Waals surface area contributed by atoms with Crippen LogP contribution in [0.5, 0.6) is 5.75 Å². The standard InChI is InChI=1S/C16H18N8O3/c1-3-8-26-12-6-4-11(5-7-12)9-18-20-16(25)13-10(2)24(23-19-13)15-14(17)21-27-22-15/h4-7,9H,3,8H2,1-2H3,(H2,17,21)(H,20,25). The molecule has 3 N–H and O–H groups in total. The zero-order valence-corrected chi connectivity index (χ0v) is 14.8. The van der Waals surface area contributed by atoms with Crippen LogP contribution in [0.1, 0.15) is 35.1 Å². The molecular weight excluding hydrogens is 352 g/mol. The number of carbonyl (C=O) groups excluding carboxylic acids is 1. The van der Waals surface area contributed by atoms with Gasteiger partial charge in [0.15, 0.2) is 5.69 Å². The van der Waals surface area contributed by atoms with Crippen LogP contribution in [-0.4, -0.2) is 44.0 Å². The minimum atomic E-state index is -0.520. The topological polar surface area (TPSA) is 146 Å². The molecule has 0 radical (unpaired) electrons. The predicted molar refractivity (Wildman–Crippen MR) is 95.7 cm³/mol. The first kappa shape index (κ1) is 18.0. The number of nitrogens with zero attached hydrogens (tertiary/aromatic N) is 6. The number of nitrogens with one attached hydrogen (secondary N) is 1. The molecule has 0 fully saturated rings. The molecule has 3 rings (SSSR count). The number of benzene rings is 1. The summed E-state index contributed by atoms with van der Waals surface area (Å²) in [6, 6.07) is 7.35. The van der Waals surface area contributed by atoms with E-state index in [1.165, 1.54) is 10.9 Å². The summed E-state index contributed by atoms with van der Waals surface area (Å²) in [5, 5.41) is 18.7. The molecule has 0 bridgehead atoms. The summed E-state index contributed by atoms with van der Waals surface area (Å²) in [5.74, 6) is 0.465. The highest BCUT2D eigenvalue weighted by molar-refractivity contribution is 5.94. The summed E-state index contributed by atoms with van der Waals surface area (Å²) in [4.78, 5) is 12.2. The van der Waals surface area contributed by atoms with Gasteiger partial charge in [-0.3, -0.25) is 4.79 Å². The molecule has 0 aliphatic rings. The number of amides is 1. The lowest BCUT2D eigenvalue weighted by molar-refractivity contribution is 0.0949. The quantitative estimate of drug-likeness (QED) is 0.464. The molecular formula is C16H18N8O3. The maximum atomic E-state index is 12.2. The highest BCUT2D eigenvalue weighted by Crippen LogP contribution is 2.14. The summed E-state index contributed by atoms with van der Waals surface area (Å²) >= 11 is 0. The van der Waals surface area contributed by atoms with Crippen molar-refractivity contribution in [3.63, 3.8) is 0 Å². The molecule has 0 unspecified atom stereocenters. The van der Waals surface area contributed by atoms with Gasteiger partial charge in [-0.15, -0.1) is 5.10 Å². The van der Waals surface area contributed by atoms with Crippen molar-refractivity contribution in [1.29, 1.82) is 0 Å². The molecule has 2 aromatic heterocycles. The van der Waals surface area contributed by atoms with Gasteiger partial charge in [0.25, 0.3) is 5.91 Å². The number of carbonyl (C=O) groups is 1. The fourth-order valence-corrected chi connectivity index (χ4v) is 2.17. The molecule has 0 saturated carbocycles. The van der Waals surface area contributed by atoms with E-state index >= 15 is 0 Å². The van der Waals surface area contributed by atoms with Gasteiger partial charge in [0.2, 0.25) is 11.6 Å². The highest BCUT2D eigenvalue weighted by Gasteiger charge is 2.20. The first-order valence-electron chi connectivity index (χ1n) is 8.17. The summed E-state index contributed by atoms with van der Waals surface area (Å²) in [6.07, 6.45) is 2.46. The number of nitrogen functional groups attached to an aromatic ring is 1. The molecule has 0 saturated heterocycles. The summed E-state index contributed by atoms with van der Waals surface area (Å²) in [7, 11) is 0. The molecule has 2 heterocycles. The Bertz CT molecular complexity index is 945. The number of hydrogen-bond donors (Lipinski definition) is 2.